The van der Waals surface area contributed by atoms with Crippen LogP contribution in [0.15, 0.2) is 0 Å². The summed E-state index contributed by atoms with van der Waals surface area (Å²) in [6.45, 7) is 0.516. The zero-order chi connectivity index (χ0) is 11.0. The van der Waals surface area contributed by atoms with E-state index in [1.807, 2.05) is 0 Å². The number of amides is 1. The van der Waals surface area contributed by atoms with Gasteiger partial charge in [0.05, 0.1) is 12.5 Å². The lowest BCUT2D eigenvalue weighted by molar-refractivity contribution is -0.136. The number of carboxylic acid groups (broad SMARTS) is 1. The Morgan fingerprint density at radius 2 is 2.21 bits per heavy atom. The van der Waals surface area contributed by atoms with Gasteiger partial charge in [-0.2, -0.15) is 0 Å². The number of hydrogen-bond acceptors (Lipinski definition) is 4. The lowest BCUT2D eigenvalue weighted by Gasteiger charge is -2.10. The molecule has 6 nitrogen and oxygen atoms in total. The van der Waals surface area contributed by atoms with Crippen molar-refractivity contribution in [3.05, 3.63) is 0 Å². The molecule has 0 aliphatic heterocycles. The summed E-state index contributed by atoms with van der Waals surface area (Å²) in [5.74, 6) is -1.29. The Kier molecular flexibility index (Phi) is 6.69. The van der Waals surface area contributed by atoms with E-state index in [0.717, 1.165) is 0 Å². The first-order valence-corrected chi connectivity index (χ1v) is 4.32. The topological polar surface area (TPSA) is 102 Å². The molecule has 4 N–H and O–H groups in total. The summed E-state index contributed by atoms with van der Waals surface area (Å²) in [6.07, 6.45) is 0.331. The summed E-state index contributed by atoms with van der Waals surface area (Å²) in [6, 6.07) is -0.635. The number of ether oxygens (including phenoxy) is 1. The molecule has 0 radical (unpaired) electrons. The fourth-order valence-electron chi connectivity index (χ4n) is 0.800. The van der Waals surface area contributed by atoms with E-state index >= 15 is 0 Å². The van der Waals surface area contributed by atoms with Crippen molar-refractivity contribution in [3.8, 4) is 0 Å². The van der Waals surface area contributed by atoms with Gasteiger partial charge in [0, 0.05) is 20.3 Å². The molecular weight excluding hydrogens is 188 g/mol. The van der Waals surface area contributed by atoms with Gasteiger partial charge < -0.3 is 20.9 Å². The van der Waals surface area contributed by atoms with Crippen LogP contribution in [-0.4, -0.2) is 43.3 Å². The van der Waals surface area contributed by atoms with E-state index in [-0.39, 0.29) is 18.9 Å². The van der Waals surface area contributed by atoms with Crippen LogP contribution in [0.25, 0.3) is 0 Å². The zero-order valence-electron chi connectivity index (χ0n) is 8.16. The number of aliphatic carboxylic acids is 1. The average molecular weight is 204 g/mol. The maximum Gasteiger partial charge on any atom is 0.305 e. The molecule has 0 bridgehead atoms. The molecule has 0 aliphatic rings. The minimum Gasteiger partial charge on any atom is -0.481 e. The van der Waals surface area contributed by atoms with Gasteiger partial charge in [-0.05, 0) is 6.42 Å². The van der Waals surface area contributed by atoms with Crippen molar-refractivity contribution in [2.75, 3.05) is 20.3 Å². The largest absolute Gasteiger partial charge is 0.481 e. The van der Waals surface area contributed by atoms with E-state index in [2.05, 4.69) is 5.32 Å². The van der Waals surface area contributed by atoms with Gasteiger partial charge in [0.2, 0.25) is 5.91 Å². The number of carboxylic acids is 1. The molecule has 0 spiro atoms. The Morgan fingerprint density at radius 1 is 1.57 bits per heavy atom. The van der Waals surface area contributed by atoms with Crippen LogP contribution in [0.4, 0.5) is 0 Å². The highest BCUT2D eigenvalue weighted by Gasteiger charge is 2.12. The first-order chi connectivity index (χ1) is 6.57. The number of nitrogens with two attached hydrogens (primary N) is 1. The summed E-state index contributed by atoms with van der Waals surface area (Å²) >= 11 is 0. The molecule has 0 aromatic rings. The van der Waals surface area contributed by atoms with Crippen molar-refractivity contribution in [2.24, 2.45) is 5.73 Å². The van der Waals surface area contributed by atoms with Gasteiger partial charge in [-0.1, -0.05) is 0 Å². The van der Waals surface area contributed by atoms with Crippen LogP contribution in [0.2, 0.25) is 0 Å². The van der Waals surface area contributed by atoms with E-state index in [9.17, 15) is 9.59 Å². The van der Waals surface area contributed by atoms with E-state index < -0.39 is 12.0 Å². The highest BCUT2D eigenvalue weighted by Crippen LogP contribution is 1.89. The molecule has 1 atom stereocenters. The highest BCUT2D eigenvalue weighted by molar-refractivity contribution is 5.81. The van der Waals surface area contributed by atoms with Crippen LogP contribution in [0.3, 0.4) is 0 Å². The molecule has 0 saturated heterocycles. The Morgan fingerprint density at radius 3 is 2.71 bits per heavy atom. The summed E-state index contributed by atoms with van der Waals surface area (Å²) in [4.78, 5) is 21.3. The zero-order valence-corrected chi connectivity index (χ0v) is 8.16. The highest BCUT2D eigenvalue weighted by atomic mass is 16.5. The minimum absolute atomic E-state index is 0.0945. The standard InChI is InChI=1S/C8H16N2O4/c1-14-5-3-6(9)8(13)10-4-2-7(11)12/h6H,2-5,9H2,1H3,(H,10,13)(H,11,12). The second-order valence-electron chi connectivity index (χ2n) is 2.82. The van der Waals surface area contributed by atoms with Crippen LogP contribution in [0.5, 0.6) is 0 Å². The minimum atomic E-state index is -0.948. The van der Waals surface area contributed by atoms with Crippen LogP contribution in [0.1, 0.15) is 12.8 Å². The van der Waals surface area contributed by atoms with Gasteiger partial charge in [0.25, 0.3) is 0 Å². The summed E-state index contributed by atoms with van der Waals surface area (Å²) in [5, 5.41) is 10.7. The third-order valence-corrected chi connectivity index (χ3v) is 1.61. The monoisotopic (exact) mass is 204 g/mol. The molecule has 0 aromatic heterocycles. The third kappa shape index (κ3) is 6.38. The fourth-order valence-corrected chi connectivity index (χ4v) is 0.800. The van der Waals surface area contributed by atoms with Crippen LogP contribution < -0.4 is 11.1 Å². The molecule has 0 aromatic carbocycles. The molecule has 1 unspecified atom stereocenters. The van der Waals surface area contributed by atoms with Gasteiger partial charge >= 0.3 is 5.97 Å². The number of methoxy groups -OCH3 is 1. The quantitative estimate of drug-likeness (QED) is 0.490. The molecule has 82 valence electrons. The van der Waals surface area contributed by atoms with Gasteiger partial charge in [0.1, 0.15) is 0 Å². The maximum absolute atomic E-state index is 11.1. The van der Waals surface area contributed by atoms with Crippen molar-refractivity contribution in [2.45, 2.75) is 18.9 Å². The van der Waals surface area contributed by atoms with Gasteiger partial charge in [-0.3, -0.25) is 9.59 Å². The Bertz CT molecular complexity index is 196. The lowest BCUT2D eigenvalue weighted by atomic mass is 10.2. The summed E-state index contributed by atoms with van der Waals surface area (Å²) in [7, 11) is 1.52. The maximum atomic E-state index is 11.1. The normalized spacial score (nSPS) is 12.1. The molecule has 1 amide bonds. The predicted molar refractivity (Wildman–Crippen MR) is 49.7 cm³/mol. The molecule has 0 fully saturated rings. The van der Waals surface area contributed by atoms with Gasteiger partial charge in [-0.15, -0.1) is 0 Å². The molecule has 14 heavy (non-hydrogen) atoms. The van der Waals surface area contributed by atoms with Crippen molar-refractivity contribution < 1.29 is 19.4 Å². The van der Waals surface area contributed by atoms with E-state index in [1.165, 1.54) is 7.11 Å². The number of carbonyl (C=O) groups is 2. The van der Waals surface area contributed by atoms with E-state index in [4.69, 9.17) is 15.6 Å². The van der Waals surface area contributed by atoms with E-state index in [0.29, 0.717) is 13.0 Å². The molecule has 6 heteroatoms. The van der Waals surface area contributed by atoms with Gasteiger partial charge in [-0.25, -0.2) is 0 Å². The second kappa shape index (κ2) is 7.28. The van der Waals surface area contributed by atoms with Crippen molar-refractivity contribution in [1.29, 1.82) is 0 Å². The third-order valence-electron chi connectivity index (χ3n) is 1.61. The fraction of sp³-hybridized carbons (Fsp3) is 0.750. The lowest BCUT2D eigenvalue weighted by Crippen LogP contribution is -2.41. The summed E-state index contributed by atoms with van der Waals surface area (Å²) < 4.78 is 4.75. The van der Waals surface area contributed by atoms with Crippen molar-refractivity contribution in [1.82, 2.24) is 5.32 Å². The Hall–Kier alpha value is -1.14. The molecule has 0 aliphatic carbocycles. The first-order valence-electron chi connectivity index (χ1n) is 4.32. The van der Waals surface area contributed by atoms with Crippen molar-refractivity contribution in [3.63, 3.8) is 0 Å². The first kappa shape index (κ1) is 12.9. The van der Waals surface area contributed by atoms with Gasteiger partial charge in [0.15, 0.2) is 0 Å². The predicted octanol–water partition coefficient (Wildman–Crippen LogP) is -1.06. The second-order valence-corrected chi connectivity index (χ2v) is 2.82. The van der Waals surface area contributed by atoms with Crippen LogP contribution in [-0.2, 0) is 14.3 Å². The number of rotatable bonds is 7. The number of nitrogens with one attached hydrogen (secondary N) is 1. The van der Waals surface area contributed by atoms with Crippen LogP contribution in [0, 0.1) is 0 Å². The Labute approximate surface area is 82.4 Å². The average Bonchev–Trinajstić information content (AvgIpc) is 2.13. The number of carbonyl (C=O) groups excluding carboxylic acids is 1. The molecule has 0 saturated carbocycles. The Balaban J connectivity index is 3.56. The number of hydrogen-bond donors (Lipinski definition) is 3. The van der Waals surface area contributed by atoms with E-state index in [1.54, 1.807) is 0 Å². The summed E-state index contributed by atoms with van der Waals surface area (Å²) in [5.41, 5.74) is 5.48. The van der Waals surface area contributed by atoms with Crippen molar-refractivity contribution >= 4 is 11.9 Å². The molecule has 0 rings (SSSR count). The SMILES string of the molecule is COCCC(N)C(=O)NCCC(=O)O. The smallest absolute Gasteiger partial charge is 0.305 e. The van der Waals surface area contributed by atoms with Crippen LogP contribution >= 0.6 is 0 Å². The molecule has 0 heterocycles. The molecular formula is C8H16N2O4.